The molecule has 1 amide bonds. The van der Waals surface area contributed by atoms with E-state index in [1.165, 1.54) is 5.56 Å². The Morgan fingerprint density at radius 1 is 1.10 bits per heavy atom. The van der Waals surface area contributed by atoms with Crippen LogP contribution in [0.15, 0.2) is 61.2 Å². The van der Waals surface area contributed by atoms with Crippen LogP contribution in [0, 0.1) is 11.6 Å². The van der Waals surface area contributed by atoms with Crippen LogP contribution < -0.4 is 10.1 Å². The van der Waals surface area contributed by atoms with E-state index in [9.17, 15) is 4.79 Å². The van der Waals surface area contributed by atoms with Gasteiger partial charge in [0.05, 0.1) is 19.5 Å². The van der Waals surface area contributed by atoms with Gasteiger partial charge in [0.15, 0.2) is 11.6 Å². The molecule has 2 aromatic carbocycles. The lowest BCUT2D eigenvalue weighted by Crippen LogP contribution is -2.41. The van der Waals surface area contributed by atoms with Crippen molar-refractivity contribution in [3.05, 3.63) is 83.0 Å². The van der Waals surface area contributed by atoms with Gasteiger partial charge in [-0.3, -0.25) is 4.90 Å². The van der Waals surface area contributed by atoms with Crippen molar-refractivity contribution in [1.82, 2.24) is 24.8 Å². The zero-order valence-electron chi connectivity index (χ0n) is 23.5. The van der Waals surface area contributed by atoms with Gasteiger partial charge in [-0.05, 0) is 68.1 Å². The number of amides is 1. The van der Waals surface area contributed by atoms with E-state index in [4.69, 9.17) is 25.8 Å². The molecule has 1 aliphatic rings. The minimum absolute atomic E-state index is 0.214. The normalized spacial score (nSPS) is 14.8. The van der Waals surface area contributed by atoms with Crippen LogP contribution in [0.5, 0.6) is 5.75 Å². The van der Waals surface area contributed by atoms with Crippen molar-refractivity contribution in [2.45, 2.75) is 38.3 Å². The summed E-state index contributed by atoms with van der Waals surface area (Å²) < 4.78 is 18.7. The molecule has 10 heteroatoms. The molecule has 0 radical (unpaired) electrons. The number of aromatic nitrogens is 3. The summed E-state index contributed by atoms with van der Waals surface area (Å²) in [6.45, 7) is 4.73. The molecule has 1 atom stereocenters. The maximum absolute atomic E-state index is 13.1. The number of ether oxygens (including phenoxy) is 3. The van der Waals surface area contributed by atoms with Crippen molar-refractivity contribution < 1.29 is 30.6 Å². The Hall–Kier alpha value is -3.53. The van der Waals surface area contributed by atoms with E-state index < -0.39 is 0 Å². The van der Waals surface area contributed by atoms with Crippen LogP contribution in [0.2, 0.25) is 5.02 Å². The highest BCUT2D eigenvalue weighted by Crippen LogP contribution is 2.39. The number of H-pyrrole nitrogens is 1. The third kappa shape index (κ3) is 7.41. The standard InChI is InChI=1S/C31H39ClN5O4/c1-39-19-20-41-31(38)37-16-11-26-27-21-24(32)7-10-28(27)35-29(26)30(37)23-5-8-25(9-6-23)40-18-3-2-12-33-13-4-15-36-17-14-34-22-36/h5-10,14,17,21-22,30,32-33,35H,2-4,11-13,15-16,18-20H2,1H3/q+1. The number of fused-ring (bicyclic) bond motifs is 3. The van der Waals surface area contributed by atoms with Gasteiger partial charge in [-0.15, -0.1) is 0 Å². The Morgan fingerprint density at radius 3 is 2.76 bits per heavy atom. The smallest absolute Gasteiger partial charge is 0.410 e. The van der Waals surface area contributed by atoms with Crippen LogP contribution in [-0.2, 0) is 22.4 Å². The lowest BCUT2D eigenvalue weighted by Gasteiger charge is -2.35. The van der Waals surface area contributed by atoms with Gasteiger partial charge in [-0.2, -0.15) is 0 Å². The first-order chi connectivity index (χ1) is 20.1. The Bertz CT molecular complexity index is 1390. The van der Waals surface area contributed by atoms with Crippen molar-refractivity contribution in [2.24, 2.45) is 0 Å². The average Bonchev–Trinajstić information content (AvgIpc) is 3.64. The first-order valence-electron chi connectivity index (χ1n) is 14.3. The number of methoxy groups -OCH3 is 1. The second kappa shape index (κ2) is 14.4. The molecule has 0 saturated carbocycles. The summed E-state index contributed by atoms with van der Waals surface area (Å²) in [6, 6.07) is 13.7. The molecule has 2 aromatic heterocycles. The van der Waals surface area contributed by atoms with Gasteiger partial charge in [-0.1, -0.05) is 12.1 Å². The average molecular weight is 581 g/mol. The summed E-state index contributed by atoms with van der Waals surface area (Å²) in [6.07, 6.45) is 9.14. The summed E-state index contributed by atoms with van der Waals surface area (Å²) in [5.41, 5.74) is 4.22. The summed E-state index contributed by atoms with van der Waals surface area (Å²) in [4.78, 5) is 22.6. The van der Waals surface area contributed by atoms with E-state index in [1.54, 1.807) is 12.0 Å². The number of benzene rings is 2. The van der Waals surface area contributed by atoms with Crippen LogP contribution in [0.3, 0.4) is 0 Å². The van der Waals surface area contributed by atoms with Gasteiger partial charge in [-0.25, -0.2) is 9.78 Å². The van der Waals surface area contributed by atoms with E-state index in [0.717, 1.165) is 78.3 Å². The first-order valence-corrected chi connectivity index (χ1v) is 14.7. The van der Waals surface area contributed by atoms with E-state index in [0.29, 0.717) is 19.8 Å². The van der Waals surface area contributed by atoms with Gasteiger partial charge in [0.25, 0.3) is 0 Å². The number of imidazole rings is 1. The SMILES string of the molecule is COCCOC(=O)N1CCc2c([nH]c3ccc([ClH+])cc23)C1c1ccc(OCCCCNCCCn2ccnc2)cc1. The highest BCUT2D eigenvalue weighted by atomic mass is 35.5. The maximum atomic E-state index is 13.1. The van der Waals surface area contributed by atoms with Crippen molar-refractivity contribution in [3.63, 3.8) is 0 Å². The molecule has 0 spiro atoms. The van der Waals surface area contributed by atoms with Crippen molar-refractivity contribution in [2.75, 3.05) is 46.6 Å². The predicted octanol–water partition coefficient (Wildman–Crippen LogP) is 4.63. The fourth-order valence-electron chi connectivity index (χ4n) is 5.33. The van der Waals surface area contributed by atoms with E-state index >= 15 is 0 Å². The molecule has 41 heavy (non-hydrogen) atoms. The minimum atomic E-state index is -0.351. The molecular formula is C31H39ClN5O4+. The van der Waals surface area contributed by atoms with Gasteiger partial charge in [0, 0.05) is 61.3 Å². The lowest BCUT2D eigenvalue weighted by molar-refractivity contribution is -0.288. The number of nitrogens with zero attached hydrogens (tertiary/aromatic N) is 3. The molecule has 0 aliphatic carbocycles. The van der Waals surface area contributed by atoms with Gasteiger partial charge >= 0.3 is 6.09 Å². The Morgan fingerprint density at radius 2 is 1.95 bits per heavy atom. The van der Waals surface area contributed by atoms with E-state index in [-0.39, 0.29) is 18.7 Å². The highest BCUT2D eigenvalue weighted by molar-refractivity contribution is 5.86. The third-order valence-electron chi connectivity index (χ3n) is 7.39. The fourth-order valence-corrected chi connectivity index (χ4v) is 5.51. The zero-order chi connectivity index (χ0) is 28.4. The topological polar surface area (TPSA) is 93.6 Å². The molecule has 0 saturated heterocycles. The Kier molecular flexibility index (Phi) is 10.2. The molecule has 3 heterocycles. The van der Waals surface area contributed by atoms with Gasteiger partial charge in [0.2, 0.25) is 5.02 Å². The molecule has 4 aromatic rings. The molecule has 9 nitrogen and oxygen atoms in total. The minimum Gasteiger partial charge on any atom is -0.494 e. The number of nitrogens with one attached hydrogen (secondary N) is 2. The quantitative estimate of drug-likeness (QED) is 0.211. The van der Waals surface area contributed by atoms with Crippen molar-refractivity contribution in [1.29, 1.82) is 0 Å². The highest BCUT2D eigenvalue weighted by Gasteiger charge is 2.35. The number of halogens is 1. The fraction of sp³-hybridized carbons (Fsp3) is 0.419. The predicted molar refractivity (Wildman–Crippen MR) is 155 cm³/mol. The summed E-state index contributed by atoms with van der Waals surface area (Å²) in [5.74, 6) is 0.819. The maximum Gasteiger partial charge on any atom is 0.410 e. The van der Waals surface area contributed by atoms with E-state index in [2.05, 4.69) is 19.9 Å². The van der Waals surface area contributed by atoms with Crippen LogP contribution in [-0.4, -0.2) is 72.1 Å². The molecule has 0 fully saturated rings. The number of rotatable bonds is 14. The van der Waals surface area contributed by atoms with E-state index in [1.807, 2.05) is 61.2 Å². The summed E-state index contributed by atoms with van der Waals surface area (Å²) in [5, 5.41) is 5.42. The number of carbonyl (C=O) groups is 1. The number of unbranched alkanes of at least 4 members (excludes halogenated alkanes) is 1. The van der Waals surface area contributed by atoms with Crippen LogP contribution in [0.1, 0.15) is 42.1 Å². The molecule has 1 unspecified atom stereocenters. The number of aromatic amines is 1. The molecular weight excluding hydrogens is 542 g/mol. The Labute approximate surface area is 245 Å². The molecule has 1 aliphatic heterocycles. The number of hydrogen-bond donors (Lipinski definition) is 2. The largest absolute Gasteiger partial charge is 0.494 e. The number of hydrogen-bond acceptors (Lipinski definition) is 6. The molecule has 5 rings (SSSR count). The number of aryl methyl sites for hydroxylation is 1. The zero-order valence-corrected chi connectivity index (χ0v) is 24.3. The Balaban J connectivity index is 1.18. The van der Waals surface area contributed by atoms with Crippen molar-refractivity contribution >= 4 is 17.0 Å². The lowest BCUT2D eigenvalue weighted by atomic mass is 9.92. The molecule has 218 valence electrons. The van der Waals surface area contributed by atoms with Crippen molar-refractivity contribution in [3.8, 4) is 5.75 Å². The second-order valence-corrected chi connectivity index (χ2v) is 10.7. The van der Waals surface area contributed by atoms with Gasteiger partial charge in [0.1, 0.15) is 18.4 Å². The second-order valence-electron chi connectivity index (χ2n) is 10.2. The third-order valence-corrected chi connectivity index (χ3v) is 7.64. The summed E-state index contributed by atoms with van der Waals surface area (Å²) in [7, 11) is 1.59. The van der Waals surface area contributed by atoms with Crippen LogP contribution in [0.4, 0.5) is 4.79 Å². The molecule has 0 bridgehead atoms. The molecule has 2 N–H and O–H groups in total. The summed E-state index contributed by atoms with van der Waals surface area (Å²) >= 11 is 5.43. The van der Waals surface area contributed by atoms with Gasteiger partial charge < -0.3 is 29.1 Å². The van der Waals surface area contributed by atoms with Crippen LogP contribution >= 0.6 is 0 Å². The monoisotopic (exact) mass is 580 g/mol. The van der Waals surface area contributed by atoms with Crippen LogP contribution in [0.25, 0.3) is 10.9 Å². The first kappa shape index (κ1) is 29.0. The number of carbonyl (C=O) groups excluding carboxylic acids is 1.